The van der Waals surface area contributed by atoms with E-state index in [1.807, 2.05) is 18.2 Å². The van der Waals surface area contributed by atoms with Gasteiger partial charge in [-0.05, 0) is 73.2 Å². The Kier molecular flexibility index (Phi) is 8.15. The van der Waals surface area contributed by atoms with Gasteiger partial charge in [0.2, 0.25) is 0 Å². The highest BCUT2D eigenvalue weighted by Gasteiger charge is 2.19. The zero-order valence-corrected chi connectivity index (χ0v) is 23.4. The van der Waals surface area contributed by atoms with E-state index < -0.39 is 23.7 Å². The van der Waals surface area contributed by atoms with Crippen molar-refractivity contribution in [1.29, 1.82) is 0 Å². The highest BCUT2D eigenvalue weighted by molar-refractivity contribution is 6.04. The average molecular weight is 589 g/mol. The number of H-pyrrole nitrogens is 2. The van der Waals surface area contributed by atoms with Crippen LogP contribution in [0.5, 0.6) is 0 Å². The molecule has 0 aliphatic carbocycles. The van der Waals surface area contributed by atoms with E-state index in [1.165, 1.54) is 18.5 Å². The van der Waals surface area contributed by atoms with E-state index in [0.717, 1.165) is 42.2 Å². The van der Waals surface area contributed by atoms with Gasteiger partial charge in [-0.15, -0.1) is 0 Å². The van der Waals surface area contributed by atoms with Crippen LogP contribution >= 0.6 is 0 Å². The number of benzene rings is 2. The standard InChI is InChI=1S/C32H31F3N6O2/c33-24-7-10-40(11-8-24)18-21-4-6-29-22(12-21)15-30(39-29)26-14-23(16-36-32(26)43)31(42)38-25-17-37-41(19-25)9-1-2-20-3-5-27(34)28(35)13-20/h3-6,12-17,19,24,39H,1-2,7-11,18H2,(H,36,43)(H,38,42). The molecule has 5 aromatic rings. The first kappa shape index (κ1) is 28.5. The number of rotatable bonds is 9. The van der Waals surface area contributed by atoms with E-state index in [2.05, 4.69) is 31.3 Å². The van der Waals surface area contributed by atoms with Gasteiger partial charge in [-0.25, -0.2) is 13.2 Å². The molecule has 0 bridgehead atoms. The number of alkyl halides is 1. The summed E-state index contributed by atoms with van der Waals surface area (Å²) in [6, 6.07) is 13.4. The molecule has 0 unspecified atom stereocenters. The maximum absolute atomic E-state index is 13.5. The second-order valence-electron chi connectivity index (χ2n) is 11.0. The summed E-state index contributed by atoms with van der Waals surface area (Å²) >= 11 is 0. The van der Waals surface area contributed by atoms with Crippen LogP contribution in [0.2, 0.25) is 0 Å². The first-order chi connectivity index (χ1) is 20.8. The van der Waals surface area contributed by atoms with E-state index in [-0.39, 0.29) is 11.1 Å². The Morgan fingerprint density at radius 1 is 1.02 bits per heavy atom. The number of aromatic amines is 2. The van der Waals surface area contributed by atoms with Crippen molar-refractivity contribution in [2.24, 2.45) is 0 Å². The molecular formula is C32H31F3N6O2. The van der Waals surface area contributed by atoms with E-state index in [0.29, 0.717) is 54.7 Å². The molecule has 0 atom stereocenters. The van der Waals surface area contributed by atoms with Gasteiger partial charge in [0.15, 0.2) is 11.6 Å². The van der Waals surface area contributed by atoms with Gasteiger partial charge >= 0.3 is 0 Å². The number of pyridine rings is 1. The number of halogens is 3. The molecule has 11 heteroatoms. The fraction of sp³-hybridized carbons (Fsp3) is 0.281. The minimum Gasteiger partial charge on any atom is -0.354 e. The summed E-state index contributed by atoms with van der Waals surface area (Å²) < 4.78 is 41.7. The van der Waals surface area contributed by atoms with Crippen molar-refractivity contribution in [1.82, 2.24) is 24.6 Å². The van der Waals surface area contributed by atoms with E-state index in [9.17, 15) is 22.8 Å². The molecule has 2 aromatic carbocycles. The van der Waals surface area contributed by atoms with Crippen LogP contribution in [0.25, 0.3) is 22.2 Å². The maximum Gasteiger partial charge on any atom is 0.257 e. The number of aryl methyl sites for hydroxylation is 2. The van der Waals surface area contributed by atoms with Crippen molar-refractivity contribution in [3.05, 3.63) is 106 Å². The van der Waals surface area contributed by atoms with Gasteiger partial charge in [-0.1, -0.05) is 12.1 Å². The number of carbonyl (C=O) groups excluding carboxylic acids is 1. The summed E-state index contributed by atoms with van der Waals surface area (Å²) in [6.45, 7) is 2.74. The third kappa shape index (κ3) is 6.72. The van der Waals surface area contributed by atoms with Gasteiger partial charge in [-0.3, -0.25) is 19.2 Å². The summed E-state index contributed by atoms with van der Waals surface area (Å²) in [5.74, 6) is -2.15. The Labute approximate surface area is 245 Å². The zero-order chi connectivity index (χ0) is 29.9. The van der Waals surface area contributed by atoms with Crippen LogP contribution in [0.1, 0.15) is 40.7 Å². The third-order valence-corrected chi connectivity index (χ3v) is 7.79. The third-order valence-electron chi connectivity index (χ3n) is 7.79. The number of amides is 1. The van der Waals surface area contributed by atoms with E-state index in [1.54, 1.807) is 23.0 Å². The Bertz CT molecular complexity index is 1820. The van der Waals surface area contributed by atoms with Crippen molar-refractivity contribution >= 4 is 22.5 Å². The molecule has 3 aromatic heterocycles. The smallest absolute Gasteiger partial charge is 0.257 e. The maximum atomic E-state index is 13.5. The zero-order valence-electron chi connectivity index (χ0n) is 23.4. The number of nitrogens with zero attached hydrogens (tertiary/aromatic N) is 3. The van der Waals surface area contributed by atoms with Crippen molar-refractivity contribution in [2.45, 2.75) is 44.9 Å². The largest absolute Gasteiger partial charge is 0.354 e. The number of aromatic nitrogens is 4. The number of nitrogens with one attached hydrogen (secondary N) is 3. The number of piperidine rings is 1. The second-order valence-corrected chi connectivity index (χ2v) is 11.0. The van der Waals surface area contributed by atoms with Crippen molar-refractivity contribution in [2.75, 3.05) is 18.4 Å². The quantitative estimate of drug-likeness (QED) is 0.202. The fourth-order valence-corrected chi connectivity index (χ4v) is 5.45. The molecule has 1 aliphatic heterocycles. The topological polar surface area (TPSA) is 98.8 Å². The summed E-state index contributed by atoms with van der Waals surface area (Å²) in [7, 11) is 0. The number of carbonyl (C=O) groups is 1. The van der Waals surface area contributed by atoms with Crippen molar-refractivity contribution in [3.8, 4) is 11.3 Å². The molecule has 6 rings (SSSR count). The molecule has 1 fully saturated rings. The summed E-state index contributed by atoms with van der Waals surface area (Å²) in [6.07, 6.45) is 6.19. The number of hydrogen-bond donors (Lipinski definition) is 3. The first-order valence-corrected chi connectivity index (χ1v) is 14.3. The van der Waals surface area contributed by atoms with Crippen molar-refractivity contribution in [3.63, 3.8) is 0 Å². The first-order valence-electron chi connectivity index (χ1n) is 14.3. The predicted octanol–water partition coefficient (Wildman–Crippen LogP) is 5.82. The Morgan fingerprint density at radius 2 is 1.84 bits per heavy atom. The monoisotopic (exact) mass is 588 g/mol. The fourth-order valence-electron chi connectivity index (χ4n) is 5.45. The van der Waals surface area contributed by atoms with Crippen LogP contribution in [0.15, 0.2) is 71.9 Å². The Hall–Kier alpha value is -4.64. The van der Waals surface area contributed by atoms with Crippen LogP contribution in [-0.4, -0.2) is 49.8 Å². The lowest BCUT2D eigenvalue weighted by atomic mass is 10.1. The molecule has 43 heavy (non-hydrogen) atoms. The normalized spacial score (nSPS) is 14.4. The van der Waals surface area contributed by atoms with Crippen LogP contribution in [-0.2, 0) is 19.5 Å². The molecule has 1 amide bonds. The van der Waals surface area contributed by atoms with Gasteiger partial charge < -0.3 is 15.3 Å². The molecule has 0 saturated carbocycles. The minimum absolute atomic E-state index is 0.274. The van der Waals surface area contributed by atoms with E-state index in [4.69, 9.17) is 0 Å². The average Bonchev–Trinajstić information content (AvgIpc) is 3.63. The summed E-state index contributed by atoms with van der Waals surface area (Å²) in [5, 5.41) is 8.01. The molecule has 8 nitrogen and oxygen atoms in total. The lowest BCUT2D eigenvalue weighted by Crippen LogP contribution is -2.33. The molecule has 0 spiro atoms. The molecular weight excluding hydrogens is 557 g/mol. The van der Waals surface area contributed by atoms with Crippen LogP contribution in [0, 0.1) is 11.6 Å². The van der Waals surface area contributed by atoms with E-state index >= 15 is 0 Å². The number of hydrogen-bond acceptors (Lipinski definition) is 4. The van der Waals surface area contributed by atoms with Gasteiger partial charge in [0.05, 0.1) is 28.7 Å². The van der Waals surface area contributed by atoms with Crippen LogP contribution in [0.4, 0.5) is 18.9 Å². The van der Waals surface area contributed by atoms with Crippen molar-refractivity contribution < 1.29 is 18.0 Å². The Balaban J connectivity index is 1.10. The predicted molar refractivity (Wildman–Crippen MR) is 159 cm³/mol. The lowest BCUT2D eigenvalue weighted by molar-refractivity contribution is 0.102. The molecule has 1 saturated heterocycles. The number of fused-ring (bicyclic) bond motifs is 1. The SMILES string of the molecule is O=C(Nc1cnn(CCCc2ccc(F)c(F)c2)c1)c1c[nH]c(=O)c(-c2cc3cc(CN4CCC(F)CC4)ccc3[nH]2)c1. The molecule has 3 N–H and O–H groups in total. The van der Waals surface area contributed by atoms with Gasteiger partial charge in [0, 0.05) is 49.5 Å². The van der Waals surface area contributed by atoms with Gasteiger partial charge in [0.1, 0.15) is 6.17 Å². The number of likely N-dealkylation sites (tertiary alicyclic amines) is 1. The summed E-state index contributed by atoms with van der Waals surface area (Å²) in [5.41, 5.74) is 4.04. The van der Waals surface area contributed by atoms with Crippen LogP contribution < -0.4 is 10.9 Å². The molecule has 0 radical (unpaired) electrons. The second kappa shape index (κ2) is 12.3. The van der Waals surface area contributed by atoms with Crippen LogP contribution in [0.3, 0.4) is 0 Å². The highest BCUT2D eigenvalue weighted by Crippen LogP contribution is 2.25. The Morgan fingerprint density at radius 3 is 2.65 bits per heavy atom. The summed E-state index contributed by atoms with van der Waals surface area (Å²) in [4.78, 5) is 33.9. The molecule has 4 heterocycles. The lowest BCUT2D eigenvalue weighted by Gasteiger charge is -2.28. The van der Waals surface area contributed by atoms with Gasteiger partial charge in [0.25, 0.3) is 11.5 Å². The van der Waals surface area contributed by atoms with Gasteiger partial charge in [-0.2, -0.15) is 5.10 Å². The highest BCUT2D eigenvalue weighted by atomic mass is 19.2. The molecule has 1 aliphatic rings. The molecule has 222 valence electrons. The number of anilines is 1. The minimum atomic E-state index is -0.871.